The summed E-state index contributed by atoms with van der Waals surface area (Å²) < 4.78 is 0. The molecule has 1 aromatic heterocycles. The molecule has 0 spiro atoms. The van der Waals surface area contributed by atoms with Gasteiger partial charge in [0, 0.05) is 38.3 Å². The maximum Gasteiger partial charge on any atom is 0.135 e. The summed E-state index contributed by atoms with van der Waals surface area (Å²) in [5, 5.41) is 12.3. The van der Waals surface area contributed by atoms with E-state index in [-0.39, 0.29) is 6.61 Å². The Balaban J connectivity index is 1.60. The molecule has 23 heavy (non-hydrogen) atoms. The van der Waals surface area contributed by atoms with Gasteiger partial charge < -0.3 is 15.3 Å². The van der Waals surface area contributed by atoms with E-state index in [1.54, 1.807) is 0 Å². The van der Waals surface area contributed by atoms with Gasteiger partial charge in [0.1, 0.15) is 11.6 Å². The number of aliphatic hydroxyl groups excluding tert-OH is 1. The number of aliphatic hydroxyl groups is 1. The van der Waals surface area contributed by atoms with Gasteiger partial charge >= 0.3 is 0 Å². The van der Waals surface area contributed by atoms with Gasteiger partial charge in [-0.25, -0.2) is 9.97 Å². The van der Waals surface area contributed by atoms with Crippen LogP contribution in [-0.2, 0) is 6.42 Å². The van der Waals surface area contributed by atoms with Gasteiger partial charge in [-0.15, -0.1) is 0 Å². The van der Waals surface area contributed by atoms with E-state index < -0.39 is 0 Å². The van der Waals surface area contributed by atoms with Crippen molar-refractivity contribution in [1.29, 1.82) is 0 Å². The minimum atomic E-state index is 0.203. The fourth-order valence-electron chi connectivity index (χ4n) is 3.01. The molecule has 1 fully saturated rings. The average molecular weight is 312 g/mol. The predicted molar refractivity (Wildman–Crippen MR) is 91.6 cm³/mol. The highest BCUT2D eigenvalue weighted by atomic mass is 16.3. The van der Waals surface area contributed by atoms with Crippen LogP contribution in [0.5, 0.6) is 0 Å². The first-order valence-corrected chi connectivity index (χ1v) is 8.30. The molecule has 2 heterocycles. The molecule has 2 aromatic rings. The van der Waals surface area contributed by atoms with E-state index in [2.05, 4.69) is 27.3 Å². The van der Waals surface area contributed by atoms with Crippen LogP contribution in [0.2, 0.25) is 0 Å². The highest BCUT2D eigenvalue weighted by Crippen LogP contribution is 2.18. The number of benzene rings is 1. The highest BCUT2D eigenvalue weighted by molar-refractivity contribution is 5.38. The van der Waals surface area contributed by atoms with E-state index in [0.29, 0.717) is 12.6 Å². The maximum atomic E-state index is 8.89. The normalized spacial score (nSPS) is 15.8. The van der Waals surface area contributed by atoms with Crippen molar-refractivity contribution in [2.24, 2.45) is 0 Å². The first-order chi connectivity index (χ1) is 11.3. The van der Waals surface area contributed by atoms with Crippen molar-refractivity contribution in [1.82, 2.24) is 15.3 Å². The van der Waals surface area contributed by atoms with Crippen molar-refractivity contribution in [3.05, 3.63) is 54.0 Å². The minimum Gasteiger partial charge on any atom is -0.395 e. The zero-order chi connectivity index (χ0) is 15.9. The summed E-state index contributed by atoms with van der Waals surface area (Å²) in [5.74, 6) is 1.89. The number of nitrogens with zero attached hydrogens (tertiary/aromatic N) is 3. The molecule has 0 saturated carbocycles. The van der Waals surface area contributed by atoms with Crippen molar-refractivity contribution >= 4 is 5.82 Å². The lowest BCUT2D eigenvalue weighted by Gasteiger charge is -2.33. The fraction of sp³-hybridized carbons (Fsp3) is 0.444. The van der Waals surface area contributed by atoms with Crippen molar-refractivity contribution in [2.45, 2.75) is 25.3 Å². The van der Waals surface area contributed by atoms with Gasteiger partial charge in [0.2, 0.25) is 0 Å². The van der Waals surface area contributed by atoms with Crippen molar-refractivity contribution in [3.8, 4) is 0 Å². The monoisotopic (exact) mass is 312 g/mol. The molecular formula is C18H24N4O. The molecule has 5 nitrogen and oxygen atoms in total. The molecule has 0 bridgehead atoms. The molecule has 5 heteroatoms. The molecule has 122 valence electrons. The van der Waals surface area contributed by atoms with Gasteiger partial charge in [-0.1, -0.05) is 30.3 Å². The standard InChI is InChI=1S/C18H24N4O/c23-13-10-19-16-7-11-22(12-8-16)18-6-9-20-17(21-18)14-15-4-2-1-3-5-15/h1-6,9,16,19,23H,7-8,10-14H2. The van der Waals surface area contributed by atoms with Crippen LogP contribution in [0, 0.1) is 0 Å². The summed E-state index contributed by atoms with van der Waals surface area (Å²) in [7, 11) is 0. The van der Waals surface area contributed by atoms with E-state index in [1.807, 2.05) is 30.5 Å². The van der Waals surface area contributed by atoms with Crippen LogP contribution in [0.15, 0.2) is 42.6 Å². The van der Waals surface area contributed by atoms with E-state index in [4.69, 9.17) is 10.1 Å². The molecular weight excluding hydrogens is 288 g/mol. The number of rotatable bonds is 6. The Kier molecular flexibility index (Phi) is 5.56. The summed E-state index contributed by atoms with van der Waals surface area (Å²) in [6, 6.07) is 12.8. The van der Waals surface area contributed by atoms with Crippen LogP contribution in [-0.4, -0.2) is 47.4 Å². The molecule has 0 radical (unpaired) electrons. The molecule has 1 aliphatic rings. The van der Waals surface area contributed by atoms with Crippen LogP contribution in [0.4, 0.5) is 5.82 Å². The summed E-state index contributed by atoms with van der Waals surface area (Å²) in [6.45, 7) is 2.87. The molecule has 0 atom stereocenters. The van der Waals surface area contributed by atoms with Crippen molar-refractivity contribution < 1.29 is 5.11 Å². The third-order valence-electron chi connectivity index (χ3n) is 4.26. The second-order valence-electron chi connectivity index (χ2n) is 5.93. The number of hydrogen-bond acceptors (Lipinski definition) is 5. The van der Waals surface area contributed by atoms with E-state index in [9.17, 15) is 0 Å². The summed E-state index contributed by atoms with van der Waals surface area (Å²) in [6.07, 6.45) is 4.79. The lowest BCUT2D eigenvalue weighted by atomic mass is 10.1. The van der Waals surface area contributed by atoms with E-state index in [0.717, 1.165) is 44.0 Å². The summed E-state index contributed by atoms with van der Waals surface area (Å²) in [4.78, 5) is 11.5. The Morgan fingerprint density at radius 2 is 1.91 bits per heavy atom. The second kappa shape index (κ2) is 8.04. The van der Waals surface area contributed by atoms with Gasteiger partial charge in [0.15, 0.2) is 0 Å². The Morgan fingerprint density at radius 3 is 2.65 bits per heavy atom. The Morgan fingerprint density at radius 1 is 1.13 bits per heavy atom. The van der Waals surface area contributed by atoms with E-state index in [1.165, 1.54) is 5.56 Å². The highest BCUT2D eigenvalue weighted by Gasteiger charge is 2.19. The van der Waals surface area contributed by atoms with Gasteiger partial charge in [-0.2, -0.15) is 0 Å². The average Bonchev–Trinajstić information content (AvgIpc) is 2.61. The van der Waals surface area contributed by atoms with Crippen LogP contribution < -0.4 is 10.2 Å². The first kappa shape index (κ1) is 15.9. The Bertz CT molecular complexity index is 597. The maximum absolute atomic E-state index is 8.89. The number of anilines is 1. The van der Waals surface area contributed by atoms with Gasteiger partial charge in [0.05, 0.1) is 6.61 Å². The third kappa shape index (κ3) is 4.50. The largest absolute Gasteiger partial charge is 0.395 e. The molecule has 2 N–H and O–H groups in total. The molecule has 1 aromatic carbocycles. The third-order valence-corrected chi connectivity index (χ3v) is 4.26. The van der Waals surface area contributed by atoms with E-state index >= 15 is 0 Å². The zero-order valence-corrected chi connectivity index (χ0v) is 13.4. The molecule has 0 amide bonds. The predicted octanol–water partition coefficient (Wildman–Crippen LogP) is 1.62. The summed E-state index contributed by atoms with van der Waals surface area (Å²) in [5.41, 5.74) is 1.23. The Labute approximate surface area is 137 Å². The van der Waals surface area contributed by atoms with Gasteiger partial charge in [-0.05, 0) is 24.5 Å². The van der Waals surface area contributed by atoms with Gasteiger partial charge in [-0.3, -0.25) is 0 Å². The number of piperidine rings is 1. The lowest BCUT2D eigenvalue weighted by molar-refractivity contribution is 0.277. The lowest BCUT2D eigenvalue weighted by Crippen LogP contribution is -2.43. The zero-order valence-electron chi connectivity index (χ0n) is 13.4. The second-order valence-corrected chi connectivity index (χ2v) is 5.93. The molecule has 0 aliphatic carbocycles. The quantitative estimate of drug-likeness (QED) is 0.849. The van der Waals surface area contributed by atoms with Crippen LogP contribution in [0.3, 0.4) is 0 Å². The number of aromatic nitrogens is 2. The smallest absolute Gasteiger partial charge is 0.135 e. The fourth-order valence-corrected chi connectivity index (χ4v) is 3.01. The molecule has 0 unspecified atom stereocenters. The van der Waals surface area contributed by atoms with Crippen LogP contribution in [0.25, 0.3) is 0 Å². The number of hydrogen-bond donors (Lipinski definition) is 2. The molecule has 1 aliphatic heterocycles. The summed E-state index contributed by atoms with van der Waals surface area (Å²) >= 11 is 0. The first-order valence-electron chi connectivity index (χ1n) is 8.30. The van der Waals surface area contributed by atoms with Gasteiger partial charge in [0.25, 0.3) is 0 Å². The van der Waals surface area contributed by atoms with Crippen LogP contribution >= 0.6 is 0 Å². The minimum absolute atomic E-state index is 0.203. The molecule has 1 saturated heterocycles. The van der Waals surface area contributed by atoms with Crippen molar-refractivity contribution in [2.75, 3.05) is 31.1 Å². The molecule has 3 rings (SSSR count). The van der Waals surface area contributed by atoms with Crippen LogP contribution in [0.1, 0.15) is 24.2 Å². The number of nitrogens with one attached hydrogen (secondary N) is 1. The van der Waals surface area contributed by atoms with Crippen molar-refractivity contribution in [3.63, 3.8) is 0 Å². The SMILES string of the molecule is OCCNC1CCN(c2ccnc(Cc3ccccc3)n2)CC1. The topological polar surface area (TPSA) is 61.3 Å². The Hall–Kier alpha value is -1.98.